The Balaban J connectivity index is 1.21. The van der Waals surface area contributed by atoms with Gasteiger partial charge >= 0.3 is 0 Å². The van der Waals surface area contributed by atoms with E-state index < -0.39 is 0 Å². The van der Waals surface area contributed by atoms with E-state index in [1.54, 1.807) is 0 Å². The highest BCUT2D eigenvalue weighted by molar-refractivity contribution is 7.26. The van der Waals surface area contributed by atoms with Crippen molar-refractivity contribution >= 4 is 53.4 Å². The van der Waals surface area contributed by atoms with E-state index in [4.69, 9.17) is 15.0 Å². The molecule has 0 atom stereocenters. The van der Waals surface area contributed by atoms with Crippen LogP contribution in [0.4, 0.5) is 0 Å². The molecular weight excluding hydrogens is 557 g/mol. The molecule has 4 heterocycles. The number of hydrogen-bond acceptors (Lipinski definition) is 4. The normalized spacial score (nSPS) is 11.6. The zero-order chi connectivity index (χ0) is 29.0. The first-order valence-corrected chi connectivity index (χ1v) is 15.4. The molecule has 0 unspecified atom stereocenters. The lowest BCUT2D eigenvalue weighted by Crippen LogP contribution is -1.97. The molecule has 4 nitrogen and oxygen atoms in total. The fourth-order valence-corrected chi connectivity index (χ4v) is 7.47. The molecule has 0 aliphatic heterocycles. The minimum absolute atomic E-state index is 0.702. The molecule has 0 fully saturated rings. The highest BCUT2D eigenvalue weighted by Crippen LogP contribution is 2.42. The topological polar surface area (TPSA) is 43.6 Å². The third-order valence-corrected chi connectivity index (χ3v) is 9.48. The predicted octanol–water partition coefficient (Wildman–Crippen LogP) is 10.3. The second-order valence-corrected chi connectivity index (χ2v) is 11.9. The number of fused-ring (bicyclic) bond motifs is 7. The number of hydrogen-bond donors (Lipinski definition) is 0. The van der Waals surface area contributed by atoms with Crippen LogP contribution < -0.4 is 0 Å². The van der Waals surface area contributed by atoms with Crippen molar-refractivity contribution in [1.82, 2.24) is 19.5 Å². The van der Waals surface area contributed by atoms with E-state index in [0.717, 1.165) is 50.3 Å². The van der Waals surface area contributed by atoms with Gasteiger partial charge in [0, 0.05) is 54.1 Å². The maximum Gasteiger partial charge on any atom is 0.160 e. The third-order valence-electron chi connectivity index (χ3n) is 8.28. The van der Waals surface area contributed by atoms with Crippen LogP contribution in [0.1, 0.15) is 0 Å². The summed E-state index contributed by atoms with van der Waals surface area (Å²) in [5.74, 6) is 0.702. The largest absolute Gasteiger partial charge is 0.308 e. The summed E-state index contributed by atoms with van der Waals surface area (Å²) in [5.41, 5.74) is 9.24. The summed E-state index contributed by atoms with van der Waals surface area (Å²) in [4.78, 5) is 14.9. The van der Waals surface area contributed by atoms with Crippen molar-refractivity contribution in [3.63, 3.8) is 0 Å². The van der Waals surface area contributed by atoms with Crippen molar-refractivity contribution in [2.45, 2.75) is 0 Å². The molecule has 0 saturated carbocycles. The lowest BCUT2D eigenvalue weighted by molar-refractivity contribution is 1.16. The predicted molar refractivity (Wildman–Crippen MR) is 183 cm³/mol. The first kappa shape index (κ1) is 24.9. The van der Waals surface area contributed by atoms with Gasteiger partial charge in [-0.05, 0) is 54.6 Å². The Bertz CT molecular complexity index is 2420. The maximum atomic E-state index is 5.02. The van der Waals surface area contributed by atoms with E-state index in [2.05, 4.69) is 102 Å². The minimum atomic E-state index is 0.702. The van der Waals surface area contributed by atoms with Crippen LogP contribution in [0.2, 0.25) is 0 Å². The molecule has 0 saturated heterocycles. The Kier molecular flexibility index (Phi) is 5.64. The minimum Gasteiger partial charge on any atom is -0.308 e. The van der Waals surface area contributed by atoms with E-state index in [1.807, 2.05) is 60.0 Å². The van der Waals surface area contributed by atoms with Crippen molar-refractivity contribution in [2.24, 2.45) is 0 Å². The fourth-order valence-electron chi connectivity index (χ4n) is 6.22. The van der Waals surface area contributed by atoms with Gasteiger partial charge in [-0.3, -0.25) is 4.98 Å². The monoisotopic (exact) mass is 580 g/mol. The van der Waals surface area contributed by atoms with Gasteiger partial charge in [-0.2, -0.15) is 0 Å². The summed E-state index contributed by atoms with van der Waals surface area (Å²) in [6.45, 7) is 0. The first-order chi connectivity index (χ1) is 21.8. The summed E-state index contributed by atoms with van der Waals surface area (Å²) in [7, 11) is 0. The van der Waals surface area contributed by atoms with Gasteiger partial charge in [-0.15, -0.1) is 11.3 Å². The van der Waals surface area contributed by atoms with Crippen LogP contribution in [-0.4, -0.2) is 19.5 Å². The number of pyridine rings is 1. The van der Waals surface area contributed by atoms with E-state index in [-0.39, 0.29) is 0 Å². The van der Waals surface area contributed by atoms with Crippen LogP contribution >= 0.6 is 11.3 Å². The SMILES string of the molecule is c1ccc(-c2cc(-c3ccccc3)nc(-c3ccc(-n4c5cccnc5c5c6sc7ccccc7c6ccc54)cc3)n2)cc1. The first-order valence-electron chi connectivity index (χ1n) is 14.6. The van der Waals surface area contributed by atoms with Gasteiger partial charge < -0.3 is 4.57 Å². The van der Waals surface area contributed by atoms with Crippen molar-refractivity contribution in [2.75, 3.05) is 0 Å². The van der Waals surface area contributed by atoms with Gasteiger partial charge in [-0.25, -0.2) is 9.97 Å². The number of thiophene rings is 1. The number of aromatic nitrogens is 4. The average molecular weight is 581 g/mol. The van der Waals surface area contributed by atoms with E-state index in [1.165, 1.54) is 25.6 Å². The third kappa shape index (κ3) is 3.94. The highest BCUT2D eigenvalue weighted by atomic mass is 32.1. The second kappa shape index (κ2) is 9.97. The molecule has 0 spiro atoms. The average Bonchev–Trinajstić information content (AvgIpc) is 3.65. The summed E-state index contributed by atoms with van der Waals surface area (Å²) in [6.07, 6.45) is 1.89. The molecule has 4 aromatic heterocycles. The zero-order valence-corrected chi connectivity index (χ0v) is 24.4. The van der Waals surface area contributed by atoms with Gasteiger partial charge in [0.25, 0.3) is 0 Å². The zero-order valence-electron chi connectivity index (χ0n) is 23.6. The molecule has 0 N–H and O–H groups in total. The quantitative estimate of drug-likeness (QED) is 0.208. The van der Waals surface area contributed by atoms with Crippen molar-refractivity contribution in [3.05, 3.63) is 146 Å². The van der Waals surface area contributed by atoms with Gasteiger partial charge in [0.1, 0.15) is 0 Å². The standard InChI is InChI=1S/C39H24N4S/c1-3-10-25(11-4-1)31-24-32(26-12-5-2-6-13-26)42-39(41-31)27-17-19-28(20-18-27)43-33-22-21-30-29-14-7-8-16-35(29)44-38(30)36(33)37-34(43)15-9-23-40-37/h1-24H. The molecule has 5 aromatic carbocycles. The number of nitrogens with zero attached hydrogens (tertiary/aromatic N) is 4. The summed E-state index contributed by atoms with van der Waals surface area (Å²) in [6, 6.07) is 48.6. The van der Waals surface area contributed by atoms with Gasteiger partial charge in [0.15, 0.2) is 5.82 Å². The van der Waals surface area contributed by atoms with Gasteiger partial charge in [0.05, 0.1) is 27.9 Å². The smallest absolute Gasteiger partial charge is 0.160 e. The molecule has 206 valence electrons. The Hall–Kier alpha value is -5.65. The summed E-state index contributed by atoms with van der Waals surface area (Å²) >= 11 is 1.84. The lowest BCUT2D eigenvalue weighted by atomic mass is 10.1. The van der Waals surface area contributed by atoms with Crippen molar-refractivity contribution in [1.29, 1.82) is 0 Å². The lowest BCUT2D eigenvalue weighted by Gasteiger charge is -2.11. The van der Waals surface area contributed by atoms with Crippen LogP contribution in [0.25, 0.3) is 81.7 Å². The van der Waals surface area contributed by atoms with Crippen molar-refractivity contribution < 1.29 is 0 Å². The summed E-state index contributed by atoms with van der Waals surface area (Å²) < 4.78 is 4.90. The Morgan fingerprint density at radius 3 is 1.93 bits per heavy atom. The molecule has 0 amide bonds. The molecule has 44 heavy (non-hydrogen) atoms. The van der Waals surface area contributed by atoms with Crippen LogP contribution in [0.5, 0.6) is 0 Å². The molecule has 0 bridgehead atoms. The Morgan fingerprint density at radius 2 is 1.20 bits per heavy atom. The van der Waals surface area contributed by atoms with E-state index >= 15 is 0 Å². The molecule has 9 aromatic rings. The molecule has 0 aliphatic carbocycles. The second-order valence-electron chi connectivity index (χ2n) is 10.9. The molecule has 0 aliphatic rings. The maximum absolute atomic E-state index is 5.02. The molecular formula is C39H24N4S. The highest BCUT2D eigenvalue weighted by Gasteiger charge is 2.18. The van der Waals surface area contributed by atoms with Crippen LogP contribution in [0, 0.1) is 0 Å². The van der Waals surface area contributed by atoms with E-state index in [9.17, 15) is 0 Å². The van der Waals surface area contributed by atoms with Crippen LogP contribution in [0.15, 0.2) is 146 Å². The number of benzene rings is 5. The van der Waals surface area contributed by atoms with E-state index in [0.29, 0.717) is 5.82 Å². The molecule has 0 radical (unpaired) electrons. The van der Waals surface area contributed by atoms with Crippen LogP contribution in [0.3, 0.4) is 0 Å². The Labute approximate surface area is 257 Å². The molecule has 5 heteroatoms. The summed E-state index contributed by atoms with van der Waals surface area (Å²) in [5, 5.41) is 3.78. The van der Waals surface area contributed by atoms with Gasteiger partial charge in [0.2, 0.25) is 0 Å². The Morgan fingerprint density at radius 1 is 0.523 bits per heavy atom. The van der Waals surface area contributed by atoms with Gasteiger partial charge in [-0.1, -0.05) is 84.9 Å². The van der Waals surface area contributed by atoms with Crippen molar-refractivity contribution in [3.8, 4) is 39.6 Å². The molecule has 9 rings (SSSR count). The fraction of sp³-hybridized carbons (Fsp3) is 0. The van der Waals surface area contributed by atoms with Crippen LogP contribution in [-0.2, 0) is 0 Å². The number of rotatable bonds is 4.